The zero-order valence-corrected chi connectivity index (χ0v) is 16.5. The standard InChI is InChI=1S/C17H27N3O3S.ClH/c1-14-5-3-4-6-15(14)13-19-8-10-20(11-9-19)17(21)16(18)7-12-24(2,22)23;/h3-6,16H,7-13,18H2,1-2H3;1H. The Balaban J connectivity index is 0.00000312. The molecule has 1 atom stereocenters. The van der Waals surface area contributed by atoms with Crippen LogP contribution < -0.4 is 5.73 Å². The quantitative estimate of drug-likeness (QED) is 0.778. The predicted molar refractivity (Wildman–Crippen MR) is 103 cm³/mol. The summed E-state index contributed by atoms with van der Waals surface area (Å²) in [4.78, 5) is 16.4. The maximum Gasteiger partial charge on any atom is 0.239 e. The SMILES string of the molecule is Cc1ccccc1CN1CCN(C(=O)C(N)CCS(C)(=O)=O)CC1.Cl. The first-order valence-corrected chi connectivity index (χ1v) is 10.3. The number of hydrogen-bond acceptors (Lipinski definition) is 5. The molecule has 6 nitrogen and oxygen atoms in total. The molecule has 0 saturated carbocycles. The minimum Gasteiger partial charge on any atom is -0.339 e. The molecule has 1 aliphatic rings. The zero-order chi connectivity index (χ0) is 17.7. The average Bonchev–Trinajstić information content (AvgIpc) is 2.54. The second-order valence-electron chi connectivity index (χ2n) is 6.55. The lowest BCUT2D eigenvalue weighted by Gasteiger charge is -2.36. The van der Waals surface area contributed by atoms with Gasteiger partial charge in [0.1, 0.15) is 9.84 Å². The first kappa shape index (κ1) is 21.9. The van der Waals surface area contributed by atoms with Crippen molar-refractivity contribution in [3.05, 3.63) is 35.4 Å². The van der Waals surface area contributed by atoms with Crippen LogP contribution in [0, 0.1) is 6.92 Å². The number of halogens is 1. The van der Waals surface area contributed by atoms with Crippen molar-refractivity contribution in [1.29, 1.82) is 0 Å². The number of carbonyl (C=O) groups is 1. The fourth-order valence-electron chi connectivity index (χ4n) is 2.85. The number of nitrogens with two attached hydrogens (primary N) is 1. The van der Waals surface area contributed by atoms with Gasteiger partial charge in [0.15, 0.2) is 0 Å². The maximum absolute atomic E-state index is 12.3. The van der Waals surface area contributed by atoms with Crippen LogP contribution in [0.2, 0.25) is 0 Å². The van der Waals surface area contributed by atoms with Crippen LogP contribution in [-0.4, -0.2) is 68.4 Å². The third-order valence-corrected chi connectivity index (χ3v) is 5.43. The van der Waals surface area contributed by atoms with Crippen LogP contribution >= 0.6 is 12.4 Å². The minimum atomic E-state index is -3.09. The first-order valence-electron chi connectivity index (χ1n) is 8.25. The summed E-state index contributed by atoms with van der Waals surface area (Å²) >= 11 is 0. The number of aryl methyl sites for hydroxylation is 1. The number of sulfone groups is 1. The second kappa shape index (κ2) is 9.52. The Morgan fingerprint density at radius 3 is 2.36 bits per heavy atom. The molecule has 1 unspecified atom stereocenters. The summed E-state index contributed by atoms with van der Waals surface area (Å²) in [6, 6.07) is 7.59. The number of piperazine rings is 1. The van der Waals surface area contributed by atoms with Crippen molar-refractivity contribution in [3.8, 4) is 0 Å². The van der Waals surface area contributed by atoms with Crippen LogP contribution in [0.5, 0.6) is 0 Å². The van der Waals surface area contributed by atoms with Gasteiger partial charge in [0.2, 0.25) is 5.91 Å². The molecule has 0 bridgehead atoms. The molecule has 1 aromatic rings. The maximum atomic E-state index is 12.3. The van der Waals surface area contributed by atoms with Crippen molar-refractivity contribution in [2.75, 3.05) is 38.2 Å². The predicted octanol–water partition coefficient (Wildman–Crippen LogP) is 0.823. The molecule has 0 radical (unpaired) electrons. The Morgan fingerprint density at radius 1 is 1.20 bits per heavy atom. The molecule has 2 rings (SSSR count). The van der Waals surface area contributed by atoms with Crippen LogP contribution in [-0.2, 0) is 21.2 Å². The Morgan fingerprint density at radius 2 is 1.80 bits per heavy atom. The monoisotopic (exact) mass is 389 g/mol. The van der Waals surface area contributed by atoms with Crippen LogP contribution in [0.1, 0.15) is 17.5 Å². The lowest BCUT2D eigenvalue weighted by molar-refractivity contribution is -0.134. The van der Waals surface area contributed by atoms with Crippen molar-refractivity contribution in [3.63, 3.8) is 0 Å². The lowest BCUT2D eigenvalue weighted by atomic mass is 10.1. The number of amides is 1. The Kier molecular flexibility index (Phi) is 8.34. The van der Waals surface area contributed by atoms with Gasteiger partial charge in [0.25, 0.3) is 0 Å². The number of benzene rings is 1. The molecular weight excluding hydrogens is 362 g/mol. The van der Waals surface area contributed by atoms with E-state index in [2.05, 4.69) is 24.0 Å². The summed E-state index contributed by atoms with van der Waals surface area (Å²) in [6.45, 7) is 5.87. The van der Waals surface area contributed by atoms with Gasteiger partial charge in [-0.15, -0.1) is 12.4 Å². The molecular formula is C17H28ClN3O3S. The number of carbonyl (C=O) groups excluding carboxylic acids is 1. The zero-order valence-electron chi connectivity index (χ0n) is 14.8. The third kappa shape index (κ3) is 6.93. The van der Waals surface area contributed by atoms with E-state index in [4.69, 9.17) is 5.73 Å². The minimum absolute atomic E-state index is 0. The lowest BCUT2D eigenvalue weighted by Crippen LogP contribution is -2.53. The topological polar surface area (TPSA) is 83.7 Å². The van der Waals surface area contributed by atoms with Crippen molar-refractivity contribution in [2.45, 2.75) is 25.9 Å². The third-order valence-electron chi connectivity index (χ3n) is 4.46. The van der Waals surface area contributed by atoms with Crippen molar-refractivity contribution in [1.82, 2.24) is 9.80 Å². The summed E-state index contributed by atoms with van der Waals surface area (Å²) in [5, 5.41) is 0. The molecule has 8 heteroatoms. The summed E-state index contributed by atoms with van der Waals surface area (Å²) < 4.78 is 22.4. The smallest absolute Gasteiger partial charge is 0.239 e. The molecule has 1 saturated heterocycles. The van der Waals surface area contributed by atoms with E-state index in [-0.39, 0.29) is 30.5 Å². The first-order chi connectivity index (χ1) is 11.3. The summed E-state index contributed by atoms with van der Waals surface area (Å²) in [5.41, 5.74) is 8.45. The fraction of sp³-hybridized carbons (Fsp3) is 0.588. The van der Waals surface area contributed by atoms with Gasteiger partial charge < -0.3 is 10.6 Å². The normalized spacial score (nSPS) is 17.0. The van der Waals surface area contributed by atoms with E-state index >= 15 is 0 Å². The Bertz CT molecular complexity index is 673. The molecule has 1 amide bonds. The molecule has 1 fully saturated rings. The molecule has 142 valence electrons. The molecule has 0 aromatic heterocycles. The van der Waals surface area contributed by atoms with Crippen LogP contribution in [0.4, 0.5) is 0 Å². The van der Waals surface area contributed by atoms with E-state index < -0.39 is 15.9 Å². The molecule has 0 spiro atoms. The average molecular weight is 390 g/mol. The van der Waals surface area contributed by atoms with E-state index in [1.165, 1.54) is 11.1 Å². The summed E-state index contributed by atoms with van der Waals surface area (Å²) in [6.07, 6.45) is 1.34. The number of hydrogen-bond donors (Lipinski definition) is 1. The second-order valence-corrected chi connectivity index (χ2v) is 8.81. The van der Waals surface area contributed by atoms with Crippen molar-refractivity contribution >= 4 is 28.2 Å². The van der Waals surface area contributed by atoms with E-state index in [0.717, 1.165) is 25.9 Å². The van der Waals surface area contributed by atoms with Gasteiger partial charge in [-0.3, -0.25) is 9.69 Å². The Labute approximate surface area is 156 Å². The highest BCUT2D eigenvalue weighted by molar-refractivity contribution is 7.90. The molecule has 1 heterocycles. The van der Waals surface area contributed by atoms with E-state index in [9.17, 15) is 13.2 Å². The van der Waals surface area contributed by atoms with Gasteiger partial charge in [0.05, 0.1) is 11.8 Å². The molecule has 1 aliphatic heterocycles. The highest BCUT2D eigenvalue weighted by atomic mass is 35.5. The van der Waals surface area contributed by atoms with Gasteiger partial charge in [-0.05, 0) is 24.5 Å². The van der Waals surface area contributed by atoms with Crippen LogP contribution in [0.15, 0.2) is 24.3 Å². The van der Waals surface area contributed by atoms with Crippen LogP contribution in [0.3, 0.4) is 0 Å². The highest BCUT2D eigenvalue weighted by Crippen LogP contribution is 2.13. The van der Waals surface area contributed by atoms with Gasteiger partial charge in [-0.2, -0.15) is 0 Å². The fourth-order valence-corrected chi connectivity index (χ4v) is 3.54. The van der Waals surface area contributed by atoms with Gasteiger partial charge in [-0.1, -0.05) is 24.3 Å². The molecule has 1 aromatic carbocycles. The van der Waals surface area contributed by atoms with Gasteiger partial charge in [-0.25, -0.2) is 8.42 Å². The Hall–Kier alpha value is -1.15. The number of rotatable bonds is 6. The van der Waals surface area contributed by atoms with E-state index in [1.807, 2.05) is 12.1 Å². The molecule has 25 heavy (non-hydrogen) atoms. The number of nitrogens with zero attached hydrogens (tertiary/aromatic N) is 2. The summed E-state index contributed by atoms with van der Waals surface area (Å²) in [7, 11) is -3.09. The summed E-state index contributed by atoms with van der Waals surface area (Å²) in [5.74, 6) is -0.193. The van der Waals surface area contributed by atoms with E-state index in [0.29, 0.717) is 13.1 Å². The largest absolute Gasteiger partial charge is 0.339 e. The molecule has 0 aliphatic carbocycles. The highest BCUT2D eigenvalue weighted by Gasteiger charge is 2.25. The van der Waals surface area contributed by atoms with Crippen LogP contribution in [0.25, 0.3) is 0 Å². The molecule has 2 N–H and O–H groups in total. The van der Waals surface area contributed by atoms with E-state index in [1.54, 1.807) is 4.90 Å². The van der Waals surface area contributed by atoms with Crippen molar-refractivity contribution < 1.29 is 13.2 Å². The van der Waals surface area contributed by atoms with Gasteiger partial charge in [0, 0.05) is 39.0 Å². The van der Waals surface area contributed by atoms with Gasteiger partial charge >= 0.3 is 0 Å². The van der Waals surface area contributed by atoms with Crippen molar-refractivity contribution in [2.24, 2.45) is 5.73 Å².